The van der Waals surface area contributed by atoms with Crippen LogP contribution in [-0.4, -0.2) is 71.5 Å². The topological polar surface area (TPSA) is 88.2 Å². The molecule has 0 unspecified atom stereocenters. The van der Waals surface area contributed by atoms with Crippen molar-refractivity contribution in [2.24, 2.45) is 0 Å². The summed E-state index contributed by atoms with van der Waals surface area (Å²) < 4.78 is 49.7. The first-order valence-corrected chi connectivity index (χ1v) is 12.2. The number of benzene rings is 2. The zero-order chi connectivity index (χ0) is 23.0. The molecule has 10 heteroatoms. The van der Waals surface area contributed by atoms with Gasteiger partial charge in [0.25, 0.3) is 5.91 Å². The number of amides is 1. The zero-order valence-electron chi connectivity index (χ0n) is 18.0. The molecule has 1 aliphatic heterocycles. The number of hydrogen-bond acceptors (Lipinski definition) is 6. The lowest BCUT2D eigenvalue weighted by molar-refractivity contribution is -0.123. The number of carbonyl (C=O) groups excluding carboxylic acids is 1. The summed E-state index contributed by atoms with van der Waals surface area (Å²) in [5.74, 6) is -0.157. The zero-order valence-corrected chi connectivity index (χ0v) is 18.8. The molecule has 0 radical (unpaired) electrons. The van der Waals surface area contributed by atoms with Crippen molar-refractivity contribution in [1.82, 2.24) is 10.2 Å². The number of hydrogen-bond donors (Lipinski definition) is 1. The summed E-state index contributed by atoms with van der Waals surface area (Å²) >= 11 is 0. The van der Waals surface area contributed by atoms with Crippen molar-refractivity contribution in [2.75, 3.05) is 56.6 Å². The van der Waals surface area contributed by atoms with E-state index in [0.717, 1.165) is 25.9 Å². The summed E-state index contributed by atoms with van der Waals surface area (Å²) in [6, 6.07) is 12.1. The molecular weight excluding hydrogens is 437 g/mol. The molecule has 0 spiro atoms. The Labute approximate surface area is 188 Å². The molecule has 1 fully saturated rings. The molecule has 1 saturated heterocycles. The second-order valence-corrected chi connectivity index (χ2v) is 9.39. The van der Waals surface area contributed by atoms with Gasteiger partial charge in [-0.05, 0) is 42.0 Å². The lowest BCUT2D eigenvalue weighted by Gasteiger charge is -2.26. The van der Waals surface area contributed by atoms with Crippen molar-refractivity contribution in [1.29, 1.82) is 0 Å². The third-order valence-corrected chi connectivity index (χ3v) is 6.13. The van der Waals surface area contributed by atoms with Crippen LogP contribution in [0.1, 0.15) is 5.56 Å². The fourth-order valence-electron chi connectivity index (χ4n) is 3.24. The van der Waals surface area contributed by atoms with Crippen molar-refractivity contribution in [2.45, 2.75) is 6.54 Å². The Morgan fingerprint density at radius 1 is 1.12 bits per heavy atom. The monoisotopic (exact) mass is 465 g/mol. The largest absolute Gasteiger partial charge is 0.484 e. The number of anilines is 1. The molecule has 1 N–H and O–H groups in total. The molecule has 174 valence electrons. The summed E-state index contributed by atoms with van der Waals surface area (Å²) in [5.41, 5.74) is 1.10. The van der Waals surface area contributed by atoms with Crippen LogP contribution in [0.4, 0.5) is 10.1 Å². The molecule has 3 rings (SSSR count). The number of nitrogens with one attached hydrogen (secondary N) is 1. The third-order valence-electron chi connectivity index (χ3n) is 4.99. The van der Waals surface area contributed by atoms with Crippen LogP contribution in [0.3, 0.4) is 0 Å². The lowest BCUT2D eigenvalue weighted by Crippen LogP contribution is -2.42. The summed E-state index contributed by atoms with van der Waals surface area (Å²) in [4.78, 5) is 14.2. The van der Waals surface area contributed by atoms with Crippen LogP contribution >= 0.6 is 0 Å². The van der Waals surface area contributed by atoms with Gasteiger partial charge in [-0.25, -0.2) is 12.8 Å². The molecule has 1 aliphatic rings. The van der Waals surface area contributed by atoms with E-state index in [1.165, 1.54) is 16.4 Å². The predicted octanol–water partition coefficient (Wildman–Crippen LogP) is 1.62. The number of halogens is 1. The number of sulfonamides is 1. The van der Waals surface area contributed by atoms with Crippen molar-refractivity contribution in [3.63, 3.8) is 0 Å². The minimum atomic E-state index is -3.56. The normalized spacial score (nSPS) is 14.7. The second kappa shape index (κ2) is 11.3. The number of ether oxygens (including phenoxy) is 2. The van der Waals surface area contributed by atoms with E-state index in [-0.39, 0.29) is 24.9 Å². The molecule has 0 atom stereocenters. The first-order chi connectivity index (χ1) is 15.3. The molecule has 32 heavy (non-hydrogen) atoms. The van der Waals surface area contributed by atoms with Crippen molar-refractivity contribution >= 4 is 21.6 Å². The molecule has 8 nitrogen and oxygen atoms in total. The van der Waals surface area contributed by atoms with Crippen LogP contribution in [0.2, 0.25) is 0 Å². The summed E-state index contributed by atoms with van der Waals surface area (Å²) in [5, 5.41) is 2.82. The first kappa shape index (κ1) is 24.0. The van der Waals surface area contributed by atoms with Gasteiger partial charge in [-0.15, -0.1) is 0 Å². The number of carbonyl (C=O) groups is 1. The van der Waals surface area contributed by atoms with Gasteiger partial charge in [-0.1, -0.05) is 12.1 Å². The Hall–Kier alpha value is -2.69. The van der Waals surface area contributed by atoms with Crippen LogP contribution in [0.25, 0.3) is 0 Å². The number of morpholine rings is 1. The lowest BCUT2D eigenvalue weighted by atomic mass is 10.2. The molecule has 0 bridgehead atoms. The Morgan fingerprint density at radius 2 is 1.78 bits per heavy atom. The van der Waals surface area contributed by atoms with Gasteiger partial charge in [0.1, 0.15) is 11.6 Å². The summed E-state index contributed by atoms with van der Waals surface area (Å²) in [6.45, 7) is 4.40. The van der Waals surface area contributed by atoms with E-state index in [0.29, 0.717) is 36.8 Å². The van der Waals surface area contributed by atoms with Gasteiger partial charge < -0.3 is 14.8 Å². The fourth-order valence-corrected chi connectivity index (χ4v) is 4.13. The quantitative estimate of drug-likeness (QED) is 0.574. The van der Waals surface area contributed by atoms with Gasteiger partial charge in [0.2, 0.25) is 10.0 Å². The summed E-state index contributed by atoms with van der Waals surface area (Å²) in [6.07, 6.45) is 1.11. The maximum Gasteiger partial charge on any atom is 0.257 e. The van der Waals surface area contributed by atoms with Crippen LogP contribution in [0.5, 0.6) is 5.75 Å². The Kier molecular flexibility index (Phi) is 8.43. The maximum absolute atomic E-state index is 13.1. The highest BCUT2D eigenvalue weighted by Gasteiger charge is 2.18. The van der Waals surface area contributed by atoms with Gasteiger partial charge in [0.05, 0.1) is 31.7 Å². The van der Waals surface area contributed by atoms with Crippen molar-refractivity contribution < 1.29 is 27.1 Å². The van der Waals surface area contributed by atoms with E-state index in [1.54, 1.807) is 36.4 Å². The van der Waals surface area contributed by atoms with Crippen molar-refractivity contribution in [3.8, 4) is 5.75 Å². The average Bonchev–Trinajstić information content (AvgIpc) is 2.78. The predicted molar refractivity (Wildman–Crippen MR) is 120 cm³/mol. The molecule has 1 amide bonds. The van der Waals surface area contributed by atoms with Crippen molar-refractivity contribution in [3.05, 3.63) is 59.9 Å². The number of nitrogens with zero attached hydrogens (tertiary/aromatic N) is 2. The third kappa shape index (κ3) is 7.47. The summed E-state index contributed by atoms with van der Waals surface area (Å²) in [7, 11) is -3.56. The number of rotatable bonds is 10. The van der Waals surface area contributed by atoms with E-state index in [4.69, 9.17) is 9.47 Å². The molecule has 2 aromatic carbocycles. The highest BCUT2D eigenvalue weighted by atomic mass is 32.2. The molecule has 2 aromatic rings. The van der Waals surface area contributed by atoms with Crippen LogP contribution in [-0.2, 0) is 26.1 Å². The van der Waals surface area contributed by atoms with Crippen LogP contribution < -0.4 is 14.4 Å². The van der Waals surface area contributed by atoms with Gasteiger partial charge in [0.15, 0.2) is 6.61 Å². The highest BCUT2D eigenvalue weighted by molar-refractivity contribution is 7.92. The van der Waals surface area contributed by atoms with Gasteiger partial charge >= 0.3 is 0 Å². The molecular formula is C22H28FN3O5S. The minimum Gasteiger partial charge on any atom is -0.484 e. The average molecular weight is 466 g/mol. The van der Waals surface area contributed by atoms with Gasteiger partial charge in [-0.3, -0.25) is 14.0 Å². The Balaban J connectivity index is 1.50. The molecule has 1 heterocycles. The first-order valence-electron chi connectivity index (χ1n) is 10.3. The fraction of sp³-hybridized carbons (Fsp3) is 0.409. The highest BCUT2D eigenvalue weighted by Crippen LogP contribution is 2.23. The smallest absolute Gasteiger partial charge is 0.257 e. The SMILES string of the molecule is CS(=O)(=O)N(Cc1ccc(F)cc1)c1ccc(OCC(=O)NCCN2CCOCC2)cc1. The van der Waals surface area contributed by atoms with Crippen LogP contribution in [0.15, 0.2) is 48.5 Å². The van der Waals surface area contributed by atoms with Gasteiger partial charge in [0, 0.05) is 26.2 Å². The Morgan fingerprint density at radius 3 is 2.41 bits per heavy atom. The van der Waals surface area contributed by atoms with Crippen LogP contribution in [0, 0.1) is 5.82 Å². The van der Waals surface area contributed by atoms with Gasteiger partial charge in [-0.2, -0.15) is 0 Å². The second-order valence-electron chi connectivity index (χ2n) is 7.48. The molecule has 0 saturated carbocycles. The minimum absolute atomic E-state index is 0.0743. The maximum atomic E-state index is 13.1. The Bertz CT molecular complexity index is 978. The standard InChI is InChI=1S/C22H28FN3O5S/c1-32(28,29)26(16-18-2-4-19(23)5-3-18)20-6-8-21(9-7-20)31-17-22(27)24-10-11-25-12-14-30-15-13-25/h2-9H,10-17H2,1H3,(H,24,27). The van der Waals surface area contributed by atoms with E-state index < -0.39 is 10.0 Å². The van der Waals surface area contributed by atoms with E-state index in [2.05, 4.69) is 10.2 Å². The molecule has 0 aliphatic carbocycles. The van der Waals surface area contributed by atoms with E-state index in [9.17, 15) is 17.6 Å². The van der Waals surface area contributed by atoms with E-state index >= 15 is 0 Å². The van der Waals surface area contributed by atoms with E-state index in [1.807, 2.05) is 0 Å². The molecule has 0 aromatic heterocycles.